The number of carboxylic acid groups (broad SMARTS) is 1. The Bertz CT molecular complexity index is 306. The first-order chi connectivity index (χ1) is 8.47. The van der Waals surface area contributed by atoms with Gasteiger partial charge in [0.25, 0.3) is 0 Å². The lowest BCUT2D eigenvalue weighted by atomic mass is 9.74. The highest BCUT2D eigenvalue weighted by Crippen LogP contribution is 2.38. The Morgan fingerprint density at radius 1 is 1.28 bits per heavy atom. The quantitative estimate of drug-likeness (QED) is 0.821. The fraction of sp³-hybridized carbons (Fsp3) is 0.857. The van der Waals surface area contributed by atoms with Gasteiger partial charge in [0.05, 0.1) is 0 Å². The summed E-state index contributed by atoms with van der Waals surface area (Å²) in [5.41, 5.74) is -0.951. The van der Waals surface area contributed by atoms with E-state index in [1.807, 2.05) is 6.92 Å². The third-order valence-corrected chi connectivity index (χ3v) is 4.25. The molecule has 0 bridgehead atoms. The smallest absolute Gasteiger partial charge is 0.329 e. The number of hydrogen-bond acceptors (Lipinski definition) is 2. The van der Waals surface area contributed by atoms with Crippen molar-refractivity contribution in [2.45, 2.75) is 64.8 Å². The molecule has 4 heteroatoms. The number of amides is 1. The topological polar surface area (TPSA) is 57.6 Å². The number of nitrogens with zero attached hydrogens (tertiary/aromatic N) is 1. The molecule has 0 saturated heterocycles. The zero-order valence-electron chi connectivity index (χ0n) is 11.7. The first-order valence-electron chi connectivity index (χ1n) is 6.99. The molecule has 1 N–H and O–H groups in total. The van der Waals surface area contributed by atoms with Crippen LogP contribution in [-0.2, 0) is 9.59 Å². The summed E-state index contributed by atoms with van der Waals surface area (Å²) in [6, 6.07) is 0. The van der Waals surface area contributed by atoms with E-state index in [2.05, 4.69) is 6.92 Å². The molecule has 1 saturated carbocycles. The zero-order chi connectivity index (χ0) is 13.8. The predicted molar refractivity (Wildman–Crippen MR) is 70.3 cm³/mol. The van der Waals surface area contributed by atoms with E-state index in [9.17, 15) is 14.7 Å². The van der Waals surface area contributed by atoms with Crippen molar-refractivity contribution in [3.8, 4) is 0 Å². The molecular weight excluding hydrogens is 230 g/mol. The lowest BCUT2D eigenvalue weighted by Gasteiger charge is -2.44. The molecular formula is C14H25NO3. The van der Waals surface area contributed by atoms with Crippen molar-refractivity contribution in [1.29, 1.82) is 0 Å². The van der Waals surface area contributed by atoms with E-state index >= 15 is 0 Å². The fourth-order valence-electron chi connectivity index (χ4n) is 3.06. The van der Waals surface area contributed by atoms with Crippen LogP contribution in [0.2, 0.25) is 0 Å². The number of carboxylic acids is 1. The lowest BCUT2D eigenvalue weighted by Crippen LogP contribution is -2.58. The summed E-state index contributed by atoms with van der Waals surface area (Å²) in [7, 11) is 0. The summed E-state index contributed by atoms with van der Waals surface area (Å²) >= 11 is 0. The van der Waals surface area contributed by atoms with E-state index in [1.54, 1.807) is 4.90 Å². The van der Waals surface area contributed by atoms with Gasteiger partial charge in [-0.1, -0.05) is 20.3 Å². The van der Waals surface area contributed by atoms with E-state index in [0.717, 1.165) is 25.7 Å². The Hall–Kier alpha value is -1.06. The van der Waals surface area contributed by atoms with Crippen LogP contribution in [-0.4, -0.2) is 34.0 Å². The highest BCUT2D eigenvalue weighted by atomic mass is 16.4. The molecule has 0 aromatic rings. The van der Waals surface area contributed by atoms with Gasteiger partial charge in [0.2, 0.25) is 5.91 Å². The zero-order valence-corrected chi connectivity index (χ0v) is 11.7. The Labute approximate surface area is 109 Å². The molecule has 4 nitrogen and oxygen atoms in total. The van der Waals surface area contributed by atoms with Gasteiger partial charge in [-0.25, -0.2) is 4.79 Å². The van der Waals surface area contributed by atoms with Crippen LogP contribution in [0.1, 0.15) is 59.3 Å². The van der Waals surface area contributed by atoms with Gasteiger partial charge in [-0.15, -0.1) is 0 Å². The fourth-order valence-corrected chi connectivity index (χ4v) is 3.06. The van der Waals surface area contributed by atoms with E-state index in [4.69, 9.17) is 0 Å². The SMILES string of the molecule is CCCN(C(C)=O)C1(C(=O)O)CCC(CC)CC1. The van der Waals surface area contributed by atoms with E-state index in [-0.39, 0.29) is 5.91 Å². The van der Waals surface area contributed by atoms with Crippen LogP contribution in [0.15, 0.2) is 0 Å². The monoisotopic (exact) mass is 255 g/mol. The largest absolute Gasteiger partial charge is 0.479 e. The Morgan fingerprint density at radius 2 is 1.83 bits per heavy atom. The highest BCUT2D eigenvalue weighted by Gasteiger charge is 2.47. The standard InChI is InChI=1S/C14H25NO3/c1-4-10-15(11(3)16)14(13(17)18)8-6-12(5-2)7-9-14/h12H,4-10H2,1-3H3,(H,17,18). The van der Waals surface area contributed by atoms with Gasteiger partial charge >= 0.3 is 5.97 Å². The maximum Gasteiger partial charge on any atom is 0.329 e. The molecule has 0 atom stereocenters. The minimum absolute atomic E-state index is 0.116. The highest BCUT2D eigenvalue weighted by molar-refractivity contribution is 5.86. The molecule has 1 rings (SSSR count). The van der Waals surface area contributed by atoms with Gasteiger partial charge in [-0.3, -0.25) is 4.79 Å². The molecule has 0 spiro atoms. The second kappa shape index (κ2) is 6.21. The average Bonchev–Trinajstić information content (AvgIpc) is 2.35. The van der Waals surface area contributed by atoms with Gasteiger partial charge in [0.15, 0.2) is 0 Å². The summed E-state index contributed by atoms with van der Waals surface area (Å²) < 4.78 is 0. The van der Waals surface area contributed by atoms with Crippen molar-refractivity contribution < 1.29 is 14.7 Å². The molecule has 0 aromatic heterocycles. The number of hydrogen-bond donors (Lipinski definition) is 1. The second-order valence-electron chi connectivity index (χ2n) is 5.36. The summed E-state index contributed by atoms with van der Waals surface area (Å²) in [6.07, 6.45) is 4.92. The van der Waals surface area contributed by atoms with Crippen molar-refractivity contribution >= 4 is 11.9 Å². The lowest BCUT2D eigenvalue weighted by molar-refractivity contribution is -0.162. The summed E-state index contributed by atoms with van der Waals surface area (Å²) in [5, 5.41) is 9.60. The minimum Gasteiger partial charge on any atom is -0.479 e. The number of carbonyl (C=O) groups excluding carboxylic acids is 1. The van der Waals surface area contributed by atoms with Gasteiger partial charge in [0.1, 0.15) is 5.54 Å². The van der Waals surface area contributed by atoms with Crippen LogP contribution >= 0.6 is 0 Å². The molecule has 0 unspecified atom stereocenters. The molecule has 0 aliphatic heterocycles. The summed E-state index contributed by atoms with van der Waals surface area (Å²) in [6.45, 7) is 6.14. The van der Waals surface area contributed by atoms with Crippen LogP contribution in [0.25, 0.3) is 0 Å². The molecule has 1 fully saturated rings. The summed E-state index contributed by atoms with van der Waals surface area (Å²) in [5.74, 6) is -0.331. The third-order valence-electron chi connectivity index (χ3n) is 4.25. The summed E-state index contributed by atoms with van der Waals surface area (Å²) in [4.78, 5) is 25.0. The first kappa shape index (κ1) is 15.0. The van der Waals surface area contributed by atoms with Crippen molar-refractivity contribution in [1.82, 2.24) is 4.90 Å². The Kier molecular flexibility index (Phi) is 5.17. The number of carbonyl (C=O) groups is 2. The van der Waals surface area contributed by atoms with Crippen molar-refractivity contribution in [2.75, 3.05) is 6.54 Å². The van der Waals surface area contributed by atoms with Gasteiger partial charge in [-0.05, 0) is 38.0 Å². The molecule has 1 aliphatic rings. The second-order valence-corrected chi connectivity index (χ2v) is 5.36. The van der Waals surface area contributed by atoms with E-state index in [0.29, 0.717) is 25.3 Å². The first-order valence-corrected chi connectivity index (χ1v) is 6.99. The minimum atomic E-state index is -0.951. The van der Waals surface area contributed by atoms with Crippen LogP contribution < -0.4 is 0 Å². The average molecular weight is 255 g/mol. The number of aliphatic carboxylic acids is 1. The van der Waals surface area contributed by atoms with Crippen LogP contribution in [0.5, 0.6) is 0 Å². The maximum absolute atomic E-state index is 11.8. The molecule has 1 amide bonds. The van der Waals surface area contributed by atoms with Gasteiger partial charge in [0, 0.05) is 13.5 Å². The van der Waals surface area contributed by atoms with Crippen LogP contribution in [0, 0.1) is 5.92 Å². The molecule has 1 aliphatic carbocycles. The normalized spacial score (nSPS) is 27.8. The van der Waals surface area contributed by atoms with Gasteiger partial charge < -0.3 is 10.0 Å². The van der Waals surface area contributed by atoms with Crippen molar-refractivity contribution in [2.24, 2.45) is 5.92 Å². The number of rotatable bonds is 5. The third kappa shape index (κ3) is 2.85. The molecule has 18 heavy (non-hydrogen) atoms. The van der Waals surface area contributed by atoms with Crippen molar-refractivity contribution in [3.63, 3.8) is 0 Å². The molecule has 0 aromatic carbocycles. The molecule has 104 valence electrons. The van der Waals surface area contributed by atoms with E-state index < -0.39 is 11.5 Å². The van der Waals surface area contributed by atoms with Crippen molar-refractivity contribution in [3.05, 3.63) is 0 Å². The maximum atomic E-state index is 11.8. The van der Waals surface area contributed by atoms with Crippen LogP contribution in [0.3, 0.4) is 0 Å². The molecule has 0 radical (unpaired) electrons. The van der Waals surface area contributed by atoms with Gasteiger partial charge in [-0.2, -0.15) is 0 Å². The Morgan fingerprint density at radius 3 is 2.17 bits per heavy atom. The Balaban J connectivity index is 2.93. The van der Waals surface area contributed by atoms with E-state index in [1.165, 1.54) is 6.92 Å². The predicted octanol–water partition coefficient (Wildman–Crippen LogP) is 2.67. The molecule has 0 heterocycles. The van der Waals surface area contributed by atoms with Crippen LogP contribution in [0.4, 0.5) is 0 Å².